The molecular weight excluding hydrogens is 371 g/mol. The summed E-state index contributed by atoms with van der Waals surface area (Å²) in [6.07, 6.45) is 3.46. The topological polar surface area (TPSA) is 68.4 Å². The third-order valence-electron chi connectivity index (χ3n) is 6.11. The lowest BCUT2D eigenvalue weighted by Crippen LogP contribution is -2.41. The lowest BCUT2D eigenvalue weighted by atomic mass is 9.89. The zero-order chi connectivity index (χ0) is 20.1. The highest BCUT2D eigenvalue weighted by atomic mass is 19.1. The maximum absolute atomic E-state index is 14.0. The van der Waals surface area contributed by atoms with Gasteiger partial charge in [0.05, 0.1) is 11.6 Å². The fourth-order valence-electron chi connectivity index (χ4n) is 4.89. The lowest BCUT2D eigenvalue weighted by molar-refractivity contribution is 0.159. The second kappa shape index (κ2) is 6.72. The molecule has 0 radical (unpaired) electrons. The van der Waals surface area contributed by atoms with Gasteiger partial charge in [0.2, 0.25) is 0 Å². The Kier molecular flexibility index (Phi) is 4.15. The van der Waals surface area contributed by atoms with E-state index in [1.807, 2.05) is 23.2 Å². The Balaban J connectivity index is 1.50. The van der Waals surface area contributed by atoms with Crippen LogP contribution in [0.2, 0.25) is 0 Å². The third-order valence-corrected chi connectivity index (χ3v) is 6.11. The predicted molar refractivity (Wildman–Crippen MR) is 108 cm³/mol. The molecule has 2 aliphatic rings. The third kappa shape index (κ3) is 2.90. The van der Waals surface area contributed by atoms with Crippen molar-refractivity contribution in [1.29, 1.82) is 0 Å². The number of amides is 2. The number of H-pyrrole nitrogens is 1. The van der Waals surface area contributed by atoms with Gasteiger partial charge in [0.25, 0.3) is 0 Å². The van der Waals surface area contributed by atoms with Crippen molar-refractivity contribution in [3.8, 4) is 0 Å². The van der Waals surface area contributed by atoms with Crippen LogP contribution in [0.5, 0.6) is 0 Å². The summed E-state index contributed by atoms with van der Waals surface area (Å²) in [5.74, 6) is 1.12. The minimum Gasteiger partial charge on any atom is -0.357 e. The molecule has 5 rings (SSSR count). The standard InChI is InChI=1S/C21H23FN6O/c1-26(2)21(29)28-10-14-9-27(20-18-17(6-7-23-18)24-12-25-20)11-16(14)19(28)13-4-3-5-15(22)8-13/h3-8,12,14,16,19,23H,9-11H2,1-2H3/t14-,16-,19+/m1/s1. The first kappa shape index (κ1) is 17.9. The molecule has 0 aliphatic carbocycles. The molecule has 2 amide bonds. The number of likely N-dealkylation sites (tertiary alicyclic amines) is 1. The maximum Gasteiger partial charge on any atom is 0.320 e. The van der Waals surface area contributed by atoms with Gasteiger partial charge in [-0.05, 0) is 23.8 Å². The molecule has 2 aromatic heterocycles. The molecular formula is C21H23FN6O. The van der Waals surface area contributed by atoms with Crippen molar-refractivity contribution >= 4 is 22.9 Å². The quantitative estimate of drug-likeness (QED) is 0.726. The molecule has 3 aromatic rings. The first-order valence-corrected chi connectivity index (χ1v) is 9.79. The molecule has 3 atom stereocenters. The van der Waals surface area contributed by atoms with Crippen LogP contribution in [-0.2, 0) is 0 Å². The number of nitrogens with zero attached hydrogens (tertiary/aromatic N) is 5. The maximum atomic E-state index is 14.0. The molecule has 150 valence electrons. The predicted octanol–water partition coefficient (Wildman–Crippen LogP) is 2.89. The van der Waals surface area contributed by atoms with Crippen LogP contribution < -0.4 is 4.90 Å². The second-order valence-electron chi connectivity index (χ2n) is 8.09. The molecule has 2 fully saturated rings. The van der Waals surface area contributed by atoms with E-state index in [9.17, 15) is 9.18 Å². The van der Waals surface area contributed by atoms with Gasteiger partial charge in [0.15, 0.2) is 5.82 Å². The summed E-state index contributed by atoms with van der Waals surface area (Å²) in [5.41, 5.74) is 2.66. The van der Waals surface area contributed by atoms with Gasteiger partial charge in [-0.25, -0.2) is 19.2 Å². The minimum atomic E-state index is -0.276. The molecule has 1 N–H and O–H groups in total. The highest BCUT2D eigenvalue weighted by Crippen LogP contribution is 2.46. The highest BCUT2D eigenvalue weighted by Gasteiger charge is 2.50. The van der Waals surface area contributed by atoms with E-state index in [-0.39, 0.29) is 23.8 Å². The number of rotatable bonds is 2. The Bertz CT molecular complexity index is 1070. The number of carbonyl (C=O) groups excluding carboxylic acids is 1. The van der Waals surface area contributed by atoms with Gasteiger partial charge in [0, 0.05) is 51.8 Å². The number of carbonyl (C=O) groups is 1. The molecule has 2 aliphatic heterocycles. The summed E-state index contributed by atoms with van der Waals surface area (Å²) in [4.78, 5) is 30.7. The monoisotopic (exact) mass is 394 g/mol. The zero-order valence-electron chi connectivity index (χ0n) is 16.4. The van der Waals surface area contributed by atoms with Crippen LogP contribution in [0.3, 0.4) is 0 Å². The summed E-state index contributed by atoms with van der Waals surface area (Å²) in [5, 5.41) is 0. The zero-order valence-corrected chi connectivity index (χ0v) is 16.4. The number of anilines is 1. The molecule has 7 nitrogen and oxygen atoms in total. The number of aromatic nitrogens is 3. The van der Waals surface area contributed by atoms with E-state index >= 15 is 0 Å². The van der Waals surface area contributed by atoms with E-state index in [1.165, 1.54) is 6.07 Å². The van der Waals surface area contributed by atoms with Crippen LogP contribution >= 0.6 is 0 Å². The van der Waals surface area contributed by atoms with Crippen molar-refractivity contribution in [2.45, 2.75) is 6.04 Å². The number of hydrogen-bond acceptors (Lipinski definition) is 4. The summed E-state index contributed by atoms with van der Waals surface area (Å²) in [7, 11) is 3.52. The van der Waals surface area contributed by atoms with E-state index < -0.39 is 0 Å². The van der Waals surface area contributed by atoms with Crippen molar-refractivity contribution in [3.05, 3.63) is 54.2 Å². The minimum absolute atomic E-state index is 0.0333. The van der Waals surface area contributed by atoms with Crippen molar-refractivity contribution < 1.29 is 9.18 Å². The summed E-state index contributed by atoms with van der Waals surface area (Å²) in [6, 6.07) is 8.38. The Hall–Kier alpha value is -3.16. The number of halogens is 1. The van der Waals surface area contributed by atoms with Crippen LogP contribution in [0.25, 0.3) is 11.0 Å². The van der Waals surface area contributed by atoms with E-state index in [4.69, 9.17) is 0 Å². The Morgan fingerprint density at radius 2 is 2.07 bits per heavy atom. The van der Waals surface area contributed by atoms with Crippen molar-refractivity contribution in [2.24, 2.45) is 11.8 Å². The highest BCUT2D eigenvalue weighted by molar-refractivity contribution is 5.86. The SMILES string of the molecule is CN(C)C(=O)N1C[C@H]2CN(c3ncnc4cc[nH]c34)C[C@H]2[C@@H]1c1cccc(F)c1. The Morgan fingerprint density at radius 1 is 1.21 bits per heavy atom. The number of urea groups is 1. The normalized spacial score (nSPS) is 23.6. The van der Waals surface area contributed by atoms with Crippen molar-refractivity contribution in [2.75, 3.05) is 38.6 Å². The van der Waals surface area contributed by atoms with Crippen LogP contribution in [0.1, 0.15) is 11.6 Å². The van der Waals surface area contributed by atoms with Crippen molar-refractivity contribution in [3.63, 3.8) is 0 Å². The first-order chi connectivity index (χ1) is 14.0. The number of benzene rings is 1. The largest absolute Gasteiger partial charge is 0.357 e. The Morgan fingerprint density at radius 3 is 2.86 bits per heavy atom. The van der Waals surface area contributed by atoms with Crippen LogP contribution in [0, 0.1) is 17.7 Å². The molecule has 29 heavy (non-hydrogen) atoms. The van der Waals surface area contributed by atoms with Gasteiger partial charge in [-0.1, -0.05) is 12.1 Å². The molecule has 1 aromatic carbocycles. The molecule has 2 saturated heterocycles. The molecule has 8 heteroatoms. The fourth-order valence-corrected chi connectivity index (χ4v) is 4.89. The summed E-state index contributed by atoms with van der Waals surface area (Å²) < 4.78 is 14.0. The number of hydrogen-bond donors (Lipinski definition) is 1. The number of fused-ring (bicyclic) bond motifs is 2. The summed E-state index contributed by atoms with van der Waals surface area (Å²) >= 11 is 0. The molecule has 0 spiro atoms. The molecule has 0 saturated carbocycles. The Labute approximate surface area is 168 Å². The summed E-state index contributed by atoms with van der Waals surface area (Å²) in [6.45, 7) is 2.21. The number of nitrogens with one attached hydrogen (secondary N) is 1. The van der Waals surface area contributed by atoms with Crippen LogP contribution in [0.4, 0.5) is 15.0 Å². The van der Waals surface area contributed by atoms with E-state index in [0.29, 0.717) is 12.5 Å². The average molecular weight is 394 g/mol. The van der Waals surface area contributed by atoms with E-state index in [2.05, 4.69) is 19.9 Å². The number of aromatic amines is 1. The molecule has 0 unspecified atom stereocenters. The van der Waals surface area contributed by atoms with Crippen LogP contribution in [0.15, 0.2) is 42.9 Å². The van der Waals surface area contributed by atoms with Crippen molar-refractivity contribution in [1.82, 2.24) is 24.8 Å². The van der Waals surface area contributed by atoms with Gasteiger partial charge in [-0.3, -0.25) is 0 Å². The van der Waals surface area contributed by atoms with E-state index in [0.717, 1.165) is 35.5 Å². The first-order valence-electron chi connectivity index (χ1n) is 9.79. The van der Waals surface area contributed by atoms with E-state index in [1.54, 1.807) is 37.5 Å². The van der Waals surface area contributed by atoms with Gasteiger partial charge < -0.3 is 19.7 Å². The van der Waals surface area contributed by atoms with Gasteiger partial charge >= 0.3 is 6.03 Å². The lowest BCUT2D eigenvalue weighted by Gasteiger charge is -2.32. The van der Waals surface area contributed by atoms with Gasteiger partial charge in [-0.15, -0.1) is 0 Å². The second-order valence-corrected chi connectivity index (χ2v) is 8.09. The molecule has 0 bridgehead atoms. The van der Waals surface area contributed by atoms with Gasteiger partial charge in [0.1, 0.15) is 17.7 Å². The average Bonchev–Trinajstić information content (AvgIpc) is 3.40. The van der Waals surface area contributed by atoms with Crippen LogP contribution in [-0.4, -0.2) is 64.5 Å². The smallest absolute Gasteiger partial charge is 0.320 e. The van der Waals surface area contributed by atoms with Gasteiger partial charge in [-0.2, -0.15) is 0 Å². The molecule has 4 heterocycles. The fraction of sp³-hybridized carbons (Fsp3) is 0.381.